The maximum Gasteiger partial charge on any atom is 0.256 e. The molecule has 0 unspecified atom stereocenters. The van der Waals surface area contributed by atoms with Gasteiger partial charge in [-0.25, -0.2) is 0 Å². The van der Waals surface area contributed by atoms with Gasteiger partial charge in [-0.05, 0) is 18.6 Å². The Bertz CT molecular complexity index is 691. The van der Waals surface area contributed by atoms with Gasteiger partial charge in [-0.3, -0.25) is 9.59 Å². The van der Waals surface area contributed by atoms with Crippen LogP contribution >= 0.6 is 0 Å². The standard InChI is InChI=1S/C17H18N2O3/c1-12-10-19(17(21)14-7-8-16(20)18-9-14)15(11-22-12)13-5-3-2-4-6-13/h2-9,12,15H,10-11H2,1H3,(H,18,20)/t12-,15+/m0/s1. The van der Waals surface area contributed by atoms with Gasteiger partial charge in [0.25, 0.3) is 5.91 Å². The van der Waals surface area contributed by atoms with Crippen LogP contribution in [0.15, 0.2) is 53.5 Å². The number of nitrogens with one attached hydrogen (secondary N) is 1. The van der Waals surface area contributed by atoms with Crippen LogP contribution in [0.2, 0.25) is 0 Å². The van der Waals surface area contributed by atoms with E-state index in [2.05, 4.69) is 4.98 Å². The summed E-state index contributed by atoms with van der Waals surface area (Å²) < 4.78 is 5.73. The summed E-state index contributed by atoms with van der Waals surface area (Å²) in [6.45, 7) is 2.95. The van der Waals surface area contributed by atoms with Crippen molar-refractivity contribution in [1.82, 2.24) is 9.88 Å². The zero-order chi connectivity index (χ0) is 15.5. The SMILES string of the molecule is C[C@H]1CN(C(=O)c2ccc(=O)[nH]c2)[C@@H](c2ccccc2)CO1. The average Bonchev–Trinajstić information content (AvgIpc) is 2.55. The first kappa shape index (κ1) is 14.5. The molecule has 22 heavy (non-hydrogen) atoms. The highest BCUT2D eigenvalue weighted by Crippen LogP contribution is 2.27. The molecule has 5 nitrogen and oxygen atoms in total. The number of H-pyrrole nitrogens is 1. The van der Waals surface area contributed by atoms with E-state index in [0.29, 0.717) is 18.7 Å². The van der Waals surface area contributed by atoms with E-state index in [1.165, 1.54) is 12.3 Å². The van der Waals surface area contributed by atoms with Gasteiger partial charge in [0, 0.05) is 18.8 Å². The first-order chi connectivity index (χ1) is 10.6. The summed E-state index contributed by atoms with van der Waals surface area (Å²) in [7, 11) is 0. The molecule has 1 N–H and O–H groups in total. The van der Waals surface area contributed by atoms with Crippen molar-refractivity contribution in [2.45, 2.75) is 19.1 Å². The first-order valence-electron chi connectivity index (χ1n) is 7.31. The molecule has 5 heteroatoms. The number of nitrogens with zero attached hydrogens (tertiary/aromatic N) is 1. The molecule has 1 amide bonds. The normalized spacial score (nSPS) is 21.6. The number of aromatic amines is 1. The lowest BCUT2D eigenvalue weighted by Crippen LogP contribution is -2.46. The zero-order valence-corrected chi connectivity index (χ0v) is 12.4. The van der Waals surface area contributed by atoms with E-state index in [-0.39, 0.29) is 23.6 Å². The molecule has 0 spiro atoms. The fourth-order valence-corrected chi connectivity index (χ4v) is 2.69. The first-order valence-corrected chi connectivity index (χ1v) is 7.31. The van der Waals surface area contributed by atoms with E-state index < -0.39 is 0 Å². The van der Waals surface area contributed by atoms with E-state index in [1.807, 2.05) is 42.2 Å². The largest absolute Gasteiger partial charge is 0.374 e. The second-order valence-electron chi connectivity index (χ2n) is 5.47. The van der Waals surface area contributed by atoms with Crippen molar-refractivity contribution in [3.63, 3.8) is 0 Å². The number of aromatic nitrogens is 1. The van der Waals surface area contributed by atoms with Crippen LogP contribution < -0.4 is 5.56 Å². The van der Waals surface area contributed by atoms with Crippen LogP contribution in [0.3, 0.4) is 0 Å². The number of amides is 1. The van der Waals surface area contributed by atoms with E-state index >= 15 is 0 Å². The smallest absolute Gasteiger partial charge is 0.256 e. The highest BCUT2D eigenvalue weighted by Gasteiger charge is 2.32. The number of pyridine rings is 1. The lowest BCUT2D eigenvalue weighted by atomic mass is 10.0. The summed E-state index contributed by atoms with van der Waals surface area (Å²) in [5, 5.41) is 0. The minimum absolute atomic E-state index is 0.00771. The topological polar surface area (TPSA) is 62.4 Å². The van der Waals surface area contributed by atoms with Gasteiger partial charge in [0.2, 0.25) is 5.56 Å². The third-order valence-electron chi connectivity index (χ3n) is 3.84. The average molecular weight is 298 g/mol. The number of carbonyl (C=O) groups is 1. The lowest BCUT2D eigenvalue weighted by molar-refractivity contribution is -0.0447. The Kier molecular flexibility index (Phi) is 4.06. The molecule has 2 aromatic rings. The van der Waals surface area contributed by atoms with Gasteiger partial charge in [0.1, 0.15) is 0 Å². The highest BCUT2D eigenvalue weighted by atomic mass is 16.5. The molecule has 1 aliphatic rings. The molecule has 1 aromatic carbocycles. The summed E-state index contributed by atoms with van der Waals surface area (Å²) in [6, 6.07) is 12.7. The van der Waals surface area contributed by atoms with Crippen molar-refractivity contribution < 1.29 is 9.53 Å². The fourth-order valence-electron chi connectivity index (χ4n) is 2.69. The van der Waals surface area contributed by atoms with Crippen molar-refractivity contribution in [2.24, 2.45) is 0 Å². The number of hydrogen-bond donors (Lipinski definition) is 1. The molecular formula is C17H18N2O3. The second kappa shape index (κ2) is 6.15. The number of morpholine rings is 1. The zero-order valence-electron chi connectivity index (χ0n) is 12.4. The monoisotopic (exact) mass is 298 g/mol. The second-order valence-corrected chi connectivity index (χ2v) is 5.47. The molecular weight excluding hydrogens is 280 g/mol. The maximum absolute atomic E-state index is 12.8. The van der Waals surface area contributed by atoms with Crippen molar-refractivity contribution in [1.29, 1.82) is 0 Å². The molecule has 0 radical (unpaired) electrons. The Morgan fingerprint density at radius 3 is 2.68 bits per heavy atom. The predicted octanol–water partition coefficient (Wildman–Crippen LogP) is 1.98. The predicted molar refractivity (Wildman–Crippen MR) is 82.7 cm³/mol. The quantitative estimate of drug-likeness (QED) is 0.922. The molecule has 3 rings (SSSR count). The minimum atomic E-state index is -0.216. The molecule has 114 valence electrons. The highest BCUT2D eigenvalue weighted by molar-refractivity contribution is 5.94. The summed E-state index contributed by atoms with van der Waals surface area (Å²) >= 11 is 0. The van der Waals surface area contributed by atoms with Crippen LogP contribution in [0.1, 0.15) is 28.9 Å². The molecule has 0 saturated carbocycles. The molecule has 1 aliphatic heterocycles. The fraction of sp³-hybridized carbons (Fsp3) is 0.294. The number of rotatable bonds is 2. The summed E-state index contributed by atoms with van der Waals surface area (Å²) in [5.41, 5.74) is 1.31. The van der Waals surface area contributed by atoms with Crippen LogP contribution in [0.25, 0.3) is 0 Å². The number of carbonyl (C=O) groups excluding carboxylic acids is 1. The Labute approximate surface area is 128 Å². The van der Waals surface area contributed by atoms with Crippen LogP contribution in [0, 0.1) is 0 Å². The van der Waals surface area contributed by atoms with Gasteiger partial charge >= 0.3 is 0 Å². The number of ether oxygens (including phenoxy) is 1. The van der Waals surface area contributed by atoms with E-state index in [0.717, 1.165) is 5.56 Å². The summed E-state index contributed by atoms with van der Waals surface area (Å²) in [5.74, 6) is -0.0970. The van der Waals surface area contributed by atoms with Crippen molar-refractivity contribution in [3.8, 4) is 0 Å². The third kappa shape index (κ3) is 2.94. The molecule has 2 heterocycles. The molecule has 1 saturated heterocycles. The van der Waals surface area contributed by atoms with Crippen LogP contribution in [-0.4, -0.2) is 35.0 Å². The molecule has 0 bridgehead atoms. The van der Waals surface area contributed by atoms with Crippen molar-refractivity contribution in [2.75, 3.05) is 13.2 Å². The molecule has 2 atom stereocenters. The maximum atomic E-state index is 12.8. The van der Waals surface area contributed by atoms with Crippen LogP contribution in [-0.2, 0) is 4.74 Å². The van der Waals surface area contributed by atoms with E-state index in [1.54, 1.807) is 6.07 Å². The van der Waals surface area contributed by atoms with Gasteiger partial charge in [-0.1, -0.05) is 30.3 Å². The van der Waals surface area contributed by atoms with Crippen molar-refractivity contribution >= 4 is 5.91 Å². The Morgan fingerprint density at radius 2 is 2.00 bits per heavy atom. The van der Waals surface area contributed by atoms with Crippen molar-refractivity contribution in [3.05, 3.63) is 70.1 Å². The molecule has 0 aliphatic carbocycles. The summed E-state index contributed by atoms with van der Waals surface area (Å²) in [4.78, 5) is 28.3. The Balaban J connectivity index is 1.91. The van der Waals surface area contributed by atoms with E-state index in [4.69, 9.17) is 4.74 Å². The van der Waals surface area contributed by atoms with Crippen LogP contribution in [0.4, 0.5) is 0 Å². The molecule has 1 aromatic heterocycles. The Hall–Kier alpha value is -2.40. The number of hydrogen-bond acceptors (Lipinski definition) is 3. The van der Waals surface area contributed by atoms with Gasteiger partial charge < -0.3 is 14.6 Å². The lowest BCUT2D eigenvalue weighted by Gasteiger charge is -2.39. The summed E-state index contributed by atoms with van der Waals surface area (Å²) in [6.07, 6.45) is 1.46. The number of benzene rings is 1. The van der Waals surface area contributed by atoms with E-state index in [9.17, 15) is 9.59 Å². The van der Waals surface area contributed by atoms with Gasteiger partial charge in [-0.15, -0.1) is 0 Å². The minimum Gasteiger partial charge on any atom is -0.374 e. The Morgan fingerprint density at radius 1 is 1.23 bits per heavy atom. The van der Waals surface area contributed by atoms with Gasteiger partial charge in [-0.2, -0.15) is 0 Å². The van der Waals surface area contributed by atoms with Gasteiger partial charge in [0.15, 0.2) is 0 Å². The third-order valence-corrected chi connectivity index (χ3v) is 3.84. The van der Waals surface area contributed by atoms with Gasteiger partial charge in [0.05, 0.1) is 24.3 Å². The van der Waals surface area contributed by atoms with Crippen LogP contribution in [0.5, 0.6) is 0 Å². The molecule has 1 fully saturated rings.